The number of phenolic OH excluding ortho intramolecular Hbond substituents is 2. The minimum atomic E-state index is -1.51. The van der Waals surface area contributed by atoms with Crippen molar-refractivity contribution in [2.75, 3.05) is 10.8 Å². The Morgan fingerprint density at radius 2 is 0.795 bits per heavy atom. The Kier molecular flexibility index (Phi) is 16.1. The predicted octanol–water partition coefficient (Wildman–Crippen LogP) is 10.9. The van der Waals surface area contributed by atoms with E-state index in [9.17, 15) is 10.2 Å². The Labute approximate surface area is 250 Å². The lowest BCUT2D eigenvalue weighted by molar-refractivity contribution is 0.457. The van der Waals surface area contributed by atoms with Crippen LogP contribution in [0.5, 0.6) is 11.5 Å². The first-order valence-corrected chi connectivity index (χ1v) is 20.6. The Morgan fingerprint density at radius 3 is 1.03 bits per heavy atom. The van der Waals surface area contributed by atoms with Gasteiger partial charge in [0.25, 0.3) is 0 Å². The molecule has 2 N–H and O–H groups in total. The van der Waals surface area contributed by atoms with Crippen LogP contribution in [0.2, 0.25) is 12.1 Å². The average molecular weight is 589 g/mol. The maximum atomic E-state index is 10.9. The maximum Gasteiger partial charge on any atom is 0.122 e. The van der Waals surface area contributed by atoms with Gasteiger partial charge in [-0.15, -0.1) is 23.5 Å². The van der Waals surface area contributed by atoms with Crippen molar-refractivity contribution < 1.29 is 10.2 Å². The van der Waals surface area contributed by atoms with E-state index in [-0.39, 0.29) is 0 Å². The molecule has 39 heavy (non-hydrogen) atoms. The summed E-state index contributed by atoms with van der Waals surface area (Å²) in [6.07, 6.45) is 13.0. The zero-order valence-electron chi connectivity index (χ0n) is 25.8. The third-order valence-electron chi connectivity index (χ3n) is 8.27. The number of hydrogen-bond acceptors (Lipinski definition) is 4. The second-order valence-corrected chi connectivity index (χ2v) is 19.6. The first-order chi connectivity index (χ1) is 18.9. The second kappa shape index (κ2) is 18.4. The Balaban J connectivity index is 2.23. The van der Waals surface area contributed by atoms with Crippen LogP contribution in [-0.2, 0) is 25.7 Å². The topological polar surface area (TPSA) is 40.5 Å². The van der Waals surface area contributed by atoms with Crippen LogP contribution in [0.1, 0.15) is 115 Å². The van der Waals surface area contributed by atoms with Crippen LogP contribution in [0.4, 0.5) is 0 Å². The molecular weight excluding hydrogens is 533 g/mol. The quantitative estimate of drug-likeness (QED) is 0.119. The highest BCUT2D eigenvalue weighted by molar-refractivity contribution is 8.03. The highest BCUT2D eigenvalue weighted by atomic mass is 32.2. The van der Waals surface area contributed by atoms with Crippen LogP contribution in [0.3, 0.4) is 0 Å². The van der Waals surface area contributed by atoms with Gasteiger partial charge < -0.3 is 10.2 Å². The Hall–Kier alpha value is -1.04. The van der Waals surface area contributed by atoms with Gasteiger partial charge in [-0.2, -0.15) is 0 Å². The fraction of sp³-hybridized carbons (Fsp3) is 0.647. The molecule has 0 saturated heterocycles. The van der Waals surface area contributed by atoms with E-state index in [0.29, 0.717) is 11.5 Å². The number of unbranched alkanes of at least 4 members (excludes halogenated alkanes) is 4. The second-order valence-electron chi connectivity index (χ2n) is 11.4. The zero-order chi connectivity index (χ0) is 28.7. The van der Waals surface area contributed by atoms with Gasteiger partial charge in [0.1, 0.15) is 11.5 Å². The van der Waals surface area contributed by atoms with Crippen LogP contribution < -0.4 is 0 Å². The lowest BCUT2D eigenvalue weighted by atomic mass is 10.0. The van der Waals surface area contributed by atoms with Crippen molar-refractivity contribution in [3.8, 4) is 11.5 Å². The van der Waals surface area contributed by atoms with Crippen LogP contribution in [0.15, 0.2) is 34.1 Å². The van der Waals surface area contributed by atoms with Gasteiger partial charge in [0.2, 0.25) is 0 Å². The van der Waals surface area contributed by atoms with Crippen molar-refractivity contribution in [2.24, 2.45) is 0 Å². The van der Waals surface area contributed by atoms with E-state index in [2.05, 4.69) is 65.8 Å². The van der Waals surface area contributed by atoms with Gasteiger partial charge in [0.05, 0.1) is 8.07 Å². The average Bonchev–Trinajstić information content (AvgIpc) is 2.95. The molecule has 0 radical (unpaired) electrons. The minimum absolute atomic E-state index is 0.552. The molecule has 5 heteroatoms. The molecule has 0 aromatic heterocycles. The van der Waals surface area contributed by atoms with Crippen molar-refractivity contribution in [1.29, 1.82) is 0 Å². The lowest BCUT2D eigenvalue weighted by Gasteiger charge is -2.29. The molecule has 0 amide bonds. The van der Waals surface area contributed by atoms with Gasteiger partial charge in [-0.25, -0.2) is 0 Å². The van der Waals surface area contributed by atoms with Crippen molar-refractivity contribution in [2.45, 2.75) is 140 Å². The third kappa shape index (κ3) is 10.7. The third-order valence-corrected chi connectivity index (χ3v) is 18.5. The van der Waals surface area contributed by atoms with Crippen LogP contribution in [0.25, 0.3) is 0 Å². The smallest absolute Gasteiger partial charge is 0.122 e. The summed E-state index contributed by atoms with van der Waals surface area (Å²) in [5.41, 5.74) is 4.58. The Bertz CT molecular complexity index is 854. The molecule has 0 spiro atoms. The minimum Gasteiger partial charge on any atom is -0.507 e. The van der Waals surface area contributed by atoms with Crippen molar-refractivity contribution in [1.82, 2.24) is 0 Å². The van der Waals surface area contributed by atoms with E-state index in [1.807, 2.05) is 23.5 Å². The Morgan fingerprint density at radius 1 is 0.513 bits per heavy atom. The maximum absolute atomic E-state index is 10.9. The summed E-state index contributed by atoms with van der Waals surface area (Å²) < 4.78 is 0. The van der Waals surface area contributed by atoms with Gasteiger partial charge in [-0.05, 0) is 109 Å². The van der Waals surface area contributed by atoms with E-state index in [0.717, 1.165) is 99.3 Å². The number of aromatic hydroxyl groups is 2. The highest BCUT2D eigenvalue weighted by Gasteiger charge is 2.30. The van der Waals surface area contributed by atoms with Gasteiger partial charge >= 0.3 is 0 Å². The first kappa shape index (κ1) is 34.2. The van der Waals surface area contributed by atoms with Gasteiger partial charge in [-0.1, -0.05) is 79.3 Å². The molecule has 2 rings (SSSR count). The van der Waals surface area contributed by atoms with E-state index in [1.54, 1.807) is 0 Å². The molecule has 0 aliphatic heterocycles. The molecule has 2 aromatic carbocycles. The van der Waals surface area contributed by atoms with E-state index in [1.165, 1.54) is 32.6 Å². The van der Waals surface area contributed by atoms with Gasteiger partial charge in [-0.3, -0.25) is 0 Å². The molecule has 0 saturated carbocycles. The van der Waals surface area contributed by atoms with Gasteiger partial charge in [0.15, 0.2) is 0 Å². The molecule has 220 valence electrons. The fourth-order valence-electron chi connectivity index (χ4n) is 5.03. The summed E-state index contributed by atoms with van der Waals surface area (Å²) in [7, 11) is -1.51. The number of rotatable bonds is 20. The number of hydrogen-bond donors (Lipinski definition) is 2. The summed E-state index contributed by atoms with van der Waals surface area (Å²) in [4.78, 5) is 2.70. The molecule has 2 aromatic rings. The van der Waals surface area contributed by atoms with Crippen molar-refractivity contribution in [3.05, 3.63) is 46.5 Å². The monoisotopic (exact) mass is 588 g/mol. The van der Waals surface area contributed by atoms with Crippen LogP contribution in [0, 0.1) is 0 Å². The highest BCUT2D eigenvalue weighted by Crippen LogP contribution is 2.37. The lowest BCUT2D eigenvalue weighted by Crippen LogP contribution is -2.39. The molecule has 0 aliphatic rings. The first-order valence-electron chi connectivity index (χ1n) is 15.8. The number of thioether (sulfide) groups is 2. The standard InChI is InChI=1S/C34H56O2S2Si/c1-7-13-17-27-21-31(22-28(33(27)35)18-14-8-2)37-25-39(11-5,12-6)26-38-32-23-29(19-15-9-3)34(36)30(24-32)20-16-10-4/h21-24,35-36H,7-20,25-26H2,1-6H3. The van der Waals surface area contributed by atoms with Crippen molar-refractivity contribution >= 4 is 31.6 Å². The van der Waals surface area contributed by atoms with Crippen LogP contribution in [-0.4, -0.2) is 29.0 Å². The summed E-state index contributed by atoms with van der Waals surface area (Å²) in [6.45, 7) is 13.7. The van der Waals surface area contributed by atoms with Crippen LogP contribution >= 0.6 is 23.5 Å². The van der Waals surface area contributed by atoms with Crippen molar-refractivity contribution in [3.63, 3.8) is 0 Å². The zero-order valence-corrected chi connectivity index (χ0v) is 28.5. The fourth-order valence-corrected chi connectivity index (χ4v) is 14.6. The van der Waals surface area contributed by atoms with E-state index < -0.39 is 8.07 Å². The molecule has 0 fully saturated rings. The number of benzene rings is 2. The number of phenols is 2. The number of aryl methyl sites for hydroxylation is 4. The summed E-state index contributed by atoms with van der Waals surface area (Å²) in [5.74, 6) is 1.10. The van der Waals surface area contributed by atoms with E-state index >= 15 is 0 Å². The normalized spacial score (nSPS) is 11.8. The predicted molar refractivity (Wildman–Crippen MR) is 179 cm³/mol. The molecular formula is C34H56O2S2Si. The van der Waals surface area contributed by atoms with E-state index in [4.69, 9.17) is 0 Å². The largest absolute Gasteiger partial charge is 0.507 e. The molecule has 0 heterocycles. The molecule has 0 bridgehead atoms. The SMILES string of the molecule is CCCCc1cc(SC[Si](CC)(CC)CSc2cc(CCCC)c(O)c(CCCC)c2)cc(CCCC)c1O. The molecule has 0 atom stereocenters. The summed E-state index contributed by atoms with van der Waals surface area (Å²) >= 11 is 4.09. The molecule has 2 nitrogen and oxygen atoms in total. The summed E-state index contributed by atoms with van der Waals surface area (Å²) in [6, 6.07) is 11.7. The molecule has 0 unspecified atom stereocenters. The van der Waals surface area contributed by atoms with Gasteiger partial charge in [0, 0.05) is 9.79 Å². The summed E-state index contributed by atoms with van der Waals surface area (Å²) in [5, 5.41) is 24.3. The molecule has 0 aliphatic carbocycles.